The fraction of sp³-hybridized carbons (Fsp3) is 0.382. The van der Waals surface area contributed by atoms with Gasteiger partial charge in [0, 0.05) is 23.8 Å². The van der Waals surface area contributed by atoms with Crippen molar-refractivity contribution in [3.05, 3.63) is 100 Å². The van der Waals surface area contributed by atoms with Crippen LogP contribution in [-0.4, -0.2) is 31.7 Å². The first kappa shape index (κ1) is 27.6. The highest BCUT2D eigenvalue weighted by atomic mass is 16.2. The molecule has 0 aliphatic heterocycles. The summed E-state index contributed by atoms with van der Waals surface area (Å²) in [6, 6.07) is 23.4. The minimum atomic E-state index is -0.00995. The topological polar surface area (TPSA) is 63.1 Å². The highest BCUT2D eigenvalue weighted by Crippen LogP contribution is 2.28. The summed E-state index contributed by atoms with van der Waals surface area (Å²) in [6.45, 7) is 9.54. The van der Waals surface area contributed by atoms with Gasteiger partial charge in [0.1, 0.15) is 5.82 Å². The third-order valence-electron chi connectivity index (χ3n) is 8.12. The third-order valence-corrected chi connectivity index (χ3v) is 8.12. The lowest BCUT2D eigenvalue weighted by atomic mass is 10.0. The number of hydrogen-bond donors (Lipinski definition) is 1. The Morgan fingerprint density at radius 2 is 1.50 bits per heavy atom. The number of benzene rings is 3. The van der Waals surface area contributed by atoms with Crippen LogP contribution in [0.4, 0.5) is 10.5 Å². The van der Waals surface area contributed by atoms with E-state index in [1.165, 1.54) is 36.8 Å². The van der Waals surface area contributed by atoms with Crippen molar-refractivity contribution >= 4 is 11.7 Å². The van der Waals surface area contributed by atoms with Crippen LogP contribution in [-0.2, 0) is 13.1 Å². The first-order chi connectivity index (χ1) is 19.4. The van der Waals surface area contributed by atoms with Gasteiger partial charge in [-0.1, -0.05) is 98.0 Å². The molecule has 0 spiro atoms. The fourth-order valence-electron chi connectivity index (χ4n) is 6.00. The minimum absolute atomic E-state index is 0.00995. The van der Waals surface area contributed by atoms with Gasteiger partial charge in [0.15, 0.2) is 5.82 Å². The van der Waals surface area contributed by atoms with Gasteiger partial charge in [-0.15, -0.1) is 10.2 Å². The number of carbonyl (C=O) groups is 1. The van der Waals surface area contributed by atoms with Crippen molar-refractivity contribution in [2.75, 3.05) is 5.32 Å². The third kappa shape index (κ3) is 6.44. The van der Waals surface area contributed by atoms with Gasteiger partial charge in [-0.3, -0.25) is 0 Å². The Balaban J connectivity index is 1.37. The van der Waals surface area contributed by atoms with Crippen LogP contribution >= 0.6 is 0 Å². The highest BCUT2D eigenvalue weighted by Gasteiger charge is 2.26. The maximum absolute atomic E-state index is 13.8. The van der Waals surface area contributed by atoms with Crippen LogP contribution in [0.1, 0.15) is 72.2 Å². The van der Waals surface area contributed by atoms with Gasteiger partial charge < -0.3 is 14.8 Å². The number of rotatable bonds is 7. The number of nitrogens with one attached hydrogen (secondary N) is 1. The SMILES string of the molecule is Cc1cc(C)c(NC(=O)N(Cc2ccc(-c3nnc(C)n3Cc3ccccc3)cc2)C2CCCCCC2)c(C)c1. The standard InChI is InChI=1S/C34H41N5O/c1-24-20-25(2)32(26(3)21-24)35-34(40)39(31-14-10-5-6-11-15-31)23-29-16-18-30(19-17-29)33-37-36-27(4)38(33)22-28-12-8-7-9-13-28/h7-9,12-13,16-21,31H,5-6,10-11,14-15,22-23H2,1-4H3,(H,35,40). The van der Waals surface area contributed by atoms with Gasteiger partial charge in [-0.05, 0) is 62.8 Å². The number of amides is 2. The molecule has 1 aromatic heterocycles. The first-order valence-electron chi connectivity index (χ1n) is 14.6. The van der Waals surface area contributed by atoms with Gasteiger partial charge >= 0.3 is 6.03 Å². The molecule has 2 amide bonds. The van der Waals surface area contributed by atoms with Gasteiger partial charge in [0.05, 0.1) is 6.54 Å². The number of aryl methyl sites for hydroxylation is 4. The molecule has 0 unspecified atom stereocenters. The maximum atomic E-state index is 13.8. The van der Waals surface area contributed by atoms with Crippen LogP contribution in [0.2, 0.25) is 0 Å². The average Bonchev–Trinajstić information content (AvgIpc) is 3.12. The molecule has 208 valence electrons. The Hall–Kier alpha value is -3.93. The molecule has 0 atom stereocenters. The molecule has 40 heavy (non-hydrogen) atoms. The smallest absolute Gasteiger partial charge is 0.317 e. The molecule has 0 bridgehead atoms. The second kappa shape index (κ2) is 12.5. The van der Waals surface area contributed by atoms with Crippen LogP contribution < -0.4 is 5.32 Å². The van der Waals surface area contributed by atoms with Crippen LogP contribution in [0.15, 0.2) is 66.7 Å². The lowest BCUT2D eigenvalue weighted by Gasteiger charge is -2.32. The fourth-order valence-corrected chi connectivity index (χ4v) is 6.00. The predicted molar refractivity (Wildman–Crippen MR) is 162 cm³/mol. The number of urea groups is 1. The Morgan fingerprint density at radius 1 is 0.850 bits per heavy atom. The molecule has 6 nitrogen and oxygen atoms in total. The largest absolute Gasteiger partial charge is 0.322 e. The molecular formula is C34H41N5O. The summed E-state index contributed by atoms with van der Waals surface area (Å²) >= 11 is 0. The Bertz CT molecular complexity index is 1410. The van der Waals surface area contributed by atoms with E-state index in [1.54, 1.807) is 0 Å². The molecule has 4 aromatic rings. The molecule has 6 heteroatoms. The van der Waals surface area contributed by atoms with E-state index >= 15 is 0 Å². The Kier molecular flexibility index (Phi) is 8.63. The lowest BCUT2D eigenvalue weighted by Crippen LogP contribution is -2.42. The molecule has 1 N–H and O–H groups in total. The molecule has 3 aromatic carbocycles. The highest BCUT2D eigenvalue weighted by molar-refractivity contribution is 5.91. The van der Waals surface area contributed by atoms with E-state index < -0.39 is 0 Å². The summed E-state index contributed by atoms with van der Waals surface area (Å²) < 4.78 is 2.15. The normalized spacial score (nSPS) is 14.1. The number of aromatic nitrogens is 3. The van der Waals surface area contributed by atoms with Crippen LogP contribution in [0, 0.1) is 27.7 Å². The number of anilines is 1. The molecular weight excluding hydrogens is 494 g/mol. The molecule has 1 heterocycles. The van der Waals surface area contributed by atoms with E-state index in [2.05, 4.69) is 106 Å². The van der Waals surface area contributed by atoms with Crippen molar-refractivity contribution in [2.24, 2.45) is 0 Å². The van der Waals surface area contributed by atoms with E-state index in [-0.39, 0.29) is 12.1 Å². The first-order valence-corrected chi connectivity index (χ1v) is 14.6. The molecule has 1 aliphatic rings. The summed E-state index contributed by atoms with van der Waals surface area (Å²) in [4.78, 5) is 15.9. The monoisotopic (exact) mass is 535 g/mol. The quantitative estimate of drug-likeness (QED) is 0.244. The van der Waals surface area contributed by atoms with E-state index in [1.807, 2.05) is 13.0 Å². The second-order valence-corrected chi connectivity index (χ2v) is 11.3. The van der Waals surface area contributed by atoms with E-state index in [0.29, 0.717) is 6.54 Å². The molecule has 1 aliphatic carbocycles. The summed E-state index contributed by atoms with van der Waals surface area (Å²) in [7, 11) is 0. The molecule has 5 rings (SSSR count). The van der Waals surface area contributed by atoms with Gasteiger partial charge in [0.2, 0.25) is 0 Å². The van der Waals surface area contributed by atoms with Gasteiger partial charge in [0.25, 0.3) is 0 Å². The number of nitrogens with zero attached hydrogens (tertiary/aromatic N) is 4. The van der Waals surface area contributed by atoms with Crippen molar-refractivity contribution in [3.63, 3.8) is 0 Å². The maximum Gasteiger partial charge on any atom is 0.322 e. The number of hydrogen-bond acceptors (Lipinski definition) is 3. The predicted octanol–water partition coefficient (Wildman–Crippen LogP) is 7.98. The van der Waals surface area contributed by atoms with Crippen LogP contribution in [0.25, 0.3) is 11.4 Å². The average molecular weight is 536 g/mol. The van der Waals surface area contributed by atoms with Crippen LogP contribution in [0.3, 0.4) is 0 Å². The molecule has 1 fully saturated rings. The van der Waals surface area contributed by atoms with E-state index in [4.69, 9.17) is 0 Å². The van der Waals surface area contributed by atoms with E-state index in [9.17, 15) is 4.79 Å². The van der Waals surface area contributed by atoms with Gasteiger partial charge in [-0.25, -0.2) is 4.79 Å². The van der Waals surface area contributed by atoms with Crippen molar-refractivity contribution < 1.29 is 4.79 Å². The summed E-state index contributed by atoms with van der Waals surface area (Å²) in [5.74, 6) is 1.75. The Labute approximate surface area is 238 Å². The van der Waals surface area contributed by atoms with E-state index in [0.717, 1.165) is 59.0 Å². The molecule has 0 saturated heterocycles. The minimum Gasteiger partial charge on any atom is -0.317 e. The van der Waals surface area contributed by atoms with Crippen molar-refractivity contribution in [3.8, 4) is 11.4 Å². The molecule has 0 radical (unpaired) electrons. The second-order valence-electron chi connectivity index (χ2n) is 11.3. The van der Waals surface area contributed by atoms with Crippen molar-refractivity contribution in [1.82, 2.24) is 19.7 Å². The number of carbonyl (C=O) groups excluding carboxylic acids is 1. The van der Waals surface area contributed by atoms with Gasteiger partial charge in [-0.2, -0.15) is 0 Å². The molecule has 1 saturated carbocycles. The summed E-state index contributed by atoms with van der Waals surface area (Å²) in [5.41, 5.74) is 7.70. The Morgan fingerprint density at radius 3 is 2.15 bits per heavy atom. The zero-order chi connectivity index (χ0) is 28.1. The van der Waals surface area contributed by atoms with Crippen LogP contribution in [0.5, 0.6) is 0 Å². The van der Waals surface area contributed by atoms with Crippen molar-refractivity contribution in [2.45, 2.75) is 85.4 Å². The summed E-state index contributed by atoms with van der Waals surface area (Å²) in [5, 5.41) is 12.1. The van der Waals surface area contributed by atoms with Crippen molar-refractivity contribution in [1.29, 1.82) is 0 Å². The zero-order valence-electron chi connectivity index (χ0n) is 24.3. The lowest BCUT2D eigenvalue weighted by molar-refractivity contribution is 0.175. The zero-order valence-corrected chi connectivity index (χ0v) is 24.3. The summed E-state index contributed by atoms with van der Waals surface area (Å²) in [6.07, 6.45) is 6.96.